The topological polar surface area (TPSA) is 87.2 Å². The number of fused-ring (bicyclic) bond motifs is 12. The van der Waals surface area contributed by atoms with Crippen LogP contribution >= 0.6 is 0 Å². The molecule has 110 heavy (non-hydrogen) atoms. The molecule has 16 aromatic carbocycles. The molecular weight excluding hydrogens is 1340 g/mol. The third-order valence-corrected chi connectivity index (χ3v) is 21.6. The van der Waals surface area contributed by atoms with Gasteiger partial charge in [0.1, 0.15) is 11.6 Å². The number of nitrogens with zero attached hydrogens (tertiary/aromatic N) is 8. The molecule has 22 aromatic rings. The minimum absolute atomic E-state index is 0.906. The maximum Gasteiger partial charge on any atom is 0.145 e. The summed E-state index contributed by atoms with van der Waals surface area (Å²) in [5.74, 6) is 1.86. The van der Waals surface area contributed by atoms with Gasteiger partial charge in [0.2, 0.25) is 0 Å². The molecule has 22 rings (SSSR count). The van der Waals surface area contributed by atoms with Crippen molar-refractivity contribution in [3.05, 3.63) is 388 Å². The molecule has 0 aliphatic carbocycles. The van der Waals surface area contributed by atoms with Gasteiger partial charge in [0, 0.05) is 77.1 Å². The summed E-state index contributed by atoms with van der Waals surface area (Å²) in [6.45, 7) is 0. The summed E-state index contributed by atoms with van der Waals surface area (Å²) < 4.78 is 4.49. The van der Waals surface area contributed by atoms with Crippen molar-refractivity contribution in [1.29, 1.82) is 0 Å². The van der Waals surface area contributed by atoms with Crippen LogP contribution in [0.15, 0.2) is 388 Å². The molecular formula is C102H64N8. The average Bonchev–Trinajstić information content (AvgIpc) is 1.10. The van der Waals surface area contributed by atoms with E-state index in [-0.39, 0.29) is 0 Å². The maximum absolute atomic E-state index is 5.39. The Labute approximate surface area is 633 Å². The third-order valence-electron chi connectivity index (χ3n) is 21.6. The number of aromatic nitrogens is 8. The van der Waals surface area contributed by atoms with E-state index in [9.17, 15) is 0 Å². The molecule has 0 aliphatic rings. The Kier molecular flexibility index (Phi) is 15.4. The monoisotopic (exact) mass is 1400 g/mol. The second-order valence-corrected chi connectivity index (χ2v) is 28.0. The molecule has 0 amide bonds. The van der Waals surface area contributed by atoms with Crippen molar-refractivity contribution in [3.63, 3.8) is 0 Å². The molecule has 8 heteroatoms. The zero-order chi connectivity index (χ0) is 72.6. The SMILES string of the molecule is c1ccc(-c2c3ccccc3nc3c2ccc2ccc(-c4ccc(-c5ccc(-c6nc7ccccc7n6-c6ccccc6)cc5)c5ccccc45)nc23)cc1.c1ccc(-c2c3ccccc3nc3c2ccc2ccc(-c4ccc5cc(-c6ccc(-c7nc8ccccc8n7-c7ccccc7)cc6)ccc5c4)nc23)cc1. The van der Waals surface area contributed by atoms with Crippen LogP contribution in [-0.4, -0.2) is 39.0 Å². The van der Waals surface area contributed by atoms with E-state index in [0.29, 0.717) is 0 Å². The highest BCUT2D eigenvalue weighted by molar-refractivity contribution is 6.18. The van der Waals surface area contributed by atoms with Crippen molar-refractivity contribution >= 4 is 109 Å². The summed E-state index contributed by atoms with van der Waals surface area (Å²) in [4.78, 5) is 31.3. The highest BCUT2D eigenvalue weighted by atomic mass is 15.1. The standard InChI is InChI=1S/2C51H32N4/c1-3-13-34(14-4-1)48-42-19-9-10-20-44(42)53-50-43(48)29-27-35-28-32-45(52-49(35)50)41-31-30-38(39-17-7-8-18-40(39)41)33-23-25-36(26-24-33)51-54-46-21-11-12-22-47(46)55(51)37-15-5-2-6-16-37;1-3-11-34(12-4-1)48-42-15-7-8-16-45(42)53-50-43(48)29-27-35-28-30-44(52-49(35)50)40-26-25-38-31-37(23-24-39(38)32-40)33-19-21-36(22-20-33)51-54-46-17-9-10-18-47(46)55(51)41-13-5-2-6-14-41/h2*1-32H. The Morgan fingerprint density at radius 3 is 1.06 bits per heavy atom. The van der Waals surface area contributed by atoms with Crippen molar-refractivity contribution in [1.82, 2.24) is 39.0 Å². The number of hydrogen-bond donors (Lipinski definition) is 0. The molecule has 0 N–H and O–H groups in total. The largest absolute Gasteiger partial charge is 0.292 e. The fraction of sp³-hybridized carbons (Fsp3) is 0. The number of pyridine rings is 4. The maximum atomic E-state index is 5.39. The summed E-state index contributed by atoms with van der Waals surface area (Å²) in [6.07, 6.45) is 0. The van der Waals surface area contributed by atoms with Crippen molar-refractivity contribution in [2.24, 2.45) is 0 Å². The average molecular weight is 1400 g/mol. The molecule has 0 fully saturated rings. The van der Waals surface area contributed by atoms with Gasteiger partial charge in [-0.15, -0.1) is 0 Å². The highest BCUT2D eigenvalue weighted by Gasteiger charge is 2.22. The molecule has 0 radical (unpaired) electrons. The lowest BCUT2D eigenvalue weighted by Gasteiger charge is -2.15. The second-order valence-electron chi connectivity index (χ2n) is 28.0. The van der Waals surface area contributed by atoms with Gasteiger partial charge in [0.15, 0.2) is 0 Å². The molecule has 0 spiro atoms. The Morgan fingerprint density at radius 2 is 0.545 bits per heavy atom. The summed E-state index contributed by atoms with van der Waals surface area (Å²) in [5, 5.41) is 11.3. The van der Waals surface area contributed by atoms with Gasteiger partial charge in [-0.1, -0.05) is 303 Å². The summed E-state index contributed by atoms with van der Waals surface area (Å²) >= 11 is 0. The predicted molar refractivity (Wildman–Crippen MR) is 457 cm³/mol. The first-order chi connectivity index (χ1) is 54.5. The minimum Gasteiger partial charge on any atom is -0.292 e. The predicted octanol–water partition coefficient (Wildman–Crippen LogP) is 26.2. The van der Waals surface area contributed by atoms with E-state index < -0.39 is 0 Å². The van der Waals surface area contributed by atoms with Gasteiger partial charge in [-0.2, -0.15) is 0 Å². The molecule has 512 valence electrons. The lowest BCUT2D eigenvalue weighted by Crippen LogP contribution is -1.97. The zero-order valence-electron chi connectivity index (χ0n) is 59.5. The third kappa shape index (κ3) is 11.1. The van der Waals surface area contributed by atoms with Crippen LogP contribution in [-0.2, 0) is 0 Å². The Hall–Kier alpha value is -14.9. The summed E-state index contributed by atoms with van der Waals surface area (Å²) in [6, 6.07) is 137. The van der Waals surface area contributed by atoms with Crippen LogP contribution in [0.1, 0.15) is 0 Å². The van der Waals surface area contributed by atoms with Crippen LogP contribution in [0, 0.1) is 0 Å². The Morgan fingerprint density at radius 1 is 0.182 bits per heavy atom. The molecule has 6 heterocycles. The van der Waals surface area contributed by atoms with Crippen molar-refractivity contribution < 1.29 is 0 Å². The number of benzene rings is 16. The van der Waals surface area contributed by atoms with E-state index in [4.69, 9.17) is 29.9 Å². The van der Waals surface area contributed by atoms with Crippen molar-refractivity contribution in [2.75, 3.05) is 0 Å². The molecule has 0 bridgehead atoms. The van der Waals surface area contributed by atoms with Gasteiger partial charge in [0.25, 0.3) is 0 Å². The summed E-state index contributed by atoms with van der Waals surface area (Å²) in [7, 11) is 0. The van der Waals surface area contributed by atoms with Crippen LogP contribution in [0.3, 0.4) is 0 Å². The lowest BCUT2D eigenvalue weighted by molar-refractivity contribution is 1.10. The zero-order valence-corrected chi connectivity index (χ0v) is 59.5. The Balaban J connectivity index is 0.000000140. The fourth-order valence-electron chi connectivity index (χ4n) is 16.3. The van der Waals surface area contributed by atoms with Gasteiger partial charge >= 0.3 is 0 Å². The summed E-state index contributed by atoms with van der Waals surface area (Å²) in [5.41, 5.74) is 27.5. The van der Waals surface area contributed by atoms with E-state index in [1.807, 2.05) is 24.3 Å². The minimum atomic E-state index is 0.906. The van der Waals surface area contributed by atoms with Gasteiger partial charge in [-0.3, -0.25) is 9.13 Å². The molecule has 0 unspecified atom stereocenters. The number of rotatable bonds is 10. The van der Waals surface area contributed by atoms with E-state index in [2.05, 4.69) is 373 Å². The van der Waals surface area contributed by atoms with E-state index in [1.165, 1.54) is 49.5 Å². The van der Waals surface area contributed by atoms with Crippen LogP contribution in [0.2, 0.25) is 0 Å². The second kappa shape index (κ2) is 26.6. The molecule has 0 saturated carbocycles. The molecule has 0 aliphatic heterocycles. The van der Waals surface area contributed by atoms with Crippen LogP contribution in [0.4, 0.5) is 0 Å². The van der Waals surface area contributed by atoms with E-state index in [0.717, 1.165) is 161 Å². The smallest absolute Gasteiger partial charge is 0.145 e. The molecule has 6 aromatic heterocycles. The normalized spacial score (nSPS) is 11.6. The first-order valence-corrected chi connectivity index (χ1v) is 37.2. The first kappa shape index (κ1) is 63.6. The number of imidazole rings is 2. The van der Waals surface area contributed by atoms with E-state index in [1.54, 1.807) is 0 Å². The fourth-order valence-corrected chi connectivity index (χ4v) is 16.3. The molecule has 0 atom stereocenters. The van der Waals surface area contributed by atoms with Crippen molar-refractivity contribution in [2.45, 2.75) is 0 Å². The highest BCUT2D eigenvalue weighted by Crippen LogP contribution is 2.43. The van der Waals surface area contributed by atoms with Gasteiger partial charge < -0.3 is 0 Å². The van der Waals surface area contributed by atoms with Crippen LogP contribution in [0.5, 0.6) is 0 Å². The van der Waals surface area contributed by atoms with Gasteiger partial charge in [-0.25, -0.2) is 29.9 Å². The number of hydrogen-bond acceptors (Lipinski definition) is 6. The lowest BCUT2D eigenvalue weighted by atomic mass is 9.92. The van der Waals surface area contributed by atoms with Crippen LogP contribution in [0.25, 0.3) is 210 Å². The van der Waals surface area contributed by atoms with Gasteiger partial charge in [0.05, 0.1) is 66.6 Å². The van der Waals surface area contributed by atoms with Crippen molar-refractivity contribution in [3.8, 4) is 101 Å². The number of para-hydroxylation sites is 8. The molecule has 0 saturated heterocycles. The quantitative estimate of drug-likeness (QED) is 0.100. The molecule has 8 nitrogen and oxygen atoms in total. The first-order valence-electron chi connectivity index (χ1n) is 37.2. The van der Waals surface area contributed by atoms with Crippen LogP contribution < -0.4 is 0 Å². The Bertz CT molecular complexity index is 7360. The van der Waals surface area contributed by atoms with E-state index >= 15 is 0 Å². The van der Waals surface area contributed by atoms with Gasteiger partial charge in [-0.05, 0) is 140 Å².